The molecule has 6 heteroatoms. The van der Waals surface area contributed by atoms with Crippen molar-refractivity contribution in [2.75, 3.05) is 46.3 Å². The zero-order valence-electron chi connectivity index (χ0n) is 12.9. The van der Waals surface area contributed by atoms with Gasteiger partial charge in [0.25, 0.3) is 5.91 Å². The van der Waals surface area contributed by atoms with E-state index >= 15 is 0 Å². The van der Waals surface area contributed by atoms with Gasteiger partial charge in [-0.15, -0.1) is 0 Å². The number of hydrogen-bond acceptors (Lipinski definition) is 3. The molecule has 1 fully saturated rings. The van der Waals surface area contributed by atoms with Crippen molar-refractivity contribution < 1.29 is 9.18 Å². The number of rotatable bonds is 6. The Bertz CT molecular complexity index is 504. The van der Waals surface area contributed by atoms with Gasteiger partial charge in [0.05, 0.1) is 5.56 Å². The van der Waals surface area contributed by atoms with Gasteiger partial charge in [-0.2, -0.15) is 0 Å². The minimum absolute atomic E-state index is 0.231. The largest absolute Gasteiger partial charge is 0.352 e. The molecule has 0 saturated carbocycles. The predicted octanol–water partition coefficient (Wildman–Crippen LogP) is 2.35. The number of carbonyl (C=O) groups excluding carboxylic acids is 1. The van der Waals surface area contributed by atoms with Crippen molar-refractivity contribution in [2.24, 2.45) is 0 Å². The molecule has 4 nitrogen and oxygen atoms in total. The van der Waals surface area contributed by atoms with Gasteiger partial charge in [0.1, 0.15) is 5.82 Å². The minimum Gasteiger partial charge on any atom is -0.352 e. The van der Waals surface area contributed by atoms with E-state index in [1.165, 1.54) is 12.1 Å². The first-order valence-electron chi connectivity index (χ1n) is 7.70. The first kappa shape index (κ1) is 17.4. The van der Waals surface area contributed by atoms with Crippen LogP contribution in [0, 0.1) is 5.82 Å². The van der Waals surface area contributed by atoms with Gasteiger partial charge in [0.2, 0.25) is 0 Å². The number of nitrogens with one attached hydrogen (secondary N) is 1. The van der Waals surface area contributed by atoms with E-state index in [9.17, 15) is 9.18 Å². The van der Waals surface area contributed by atoms with E-state index in [-0.39, 0.29) is 5.91 Å². The molecule has 1 saturated heterocycles. The minimum atomic E-state index is -0.400. The topological polar surface area (TPSA) is 35.6 Å². The van der Waals surface area contributed by atoms with Gasteiger partial charge in [-0.1, -0.05) is 0 Å². The fraction of sp³-hybridized carbons (Fsp3) is 0.562. The van der Waals surface area contributed by atoms with Gasteiger partial charge in [-0.05, 0) is 60.6 Å². The Hall–Kier alpha value is -0.980. The fourth-order valence-corrected chi connectivity index (χ4v) is 2.93. The van der Waals surface area contributed by atoms with Crippen LogP contribution in [0.5, 0.6) is 0 Å². The van der Waals surface area contributed by atoms with Crippen LogP contribution in [0.3, 0.4) is 0 Å². The Morgan fingerprint density at radius 2 is 2.00 bits per heavy atom. The van der Waals surface area contributed by atoms with Crippen molar-refractivity contribution in [3.63, 3.8) is 0 Å². The summed E-state index contributed by atoms with van der Waals surface area (Å²) in [5.41, 5.74) is 0.346. The molecule has 1 amide bonds. The van der Waals surface area contributed by atoms with E-state index in [1.807, 2.05) is 0 Å². The monoisotopic (exact) mass is 371 g/mol. The molecule has 0 bridgehead atoms. The summed E-state index contributed by atoms with van der Waals surface area (Å²) in [5, 5.41) is 2.85. The molecule has 0 spiro atoms. The number of piperazine rings is 1. The normalized spacial score (nSPS) is 16.7. The summed E-state index contributed by atoms with van der Waals surface area (Å²) in [6.45, 7) is 6.20. The molecule has 0 atom stereocenters. The van der Waals surface area contributed by atoms with Crippen LogP contribution in [0.2, 0.25) is 0 Å². The van der Waals surface area contributed by atoms with Crippen LogP contribution in [-0.4, -0.2) is 62.0 Å². The third-order valence-electron chi connectivity index (χ3n) is 3.96. The van der Waals surface area contributed by atoms with Crippen LogP contribution in [0.15, 0.2) is 22.7 Å². The Morgan fingerprint density at radius 1 is 1.27 bits per heavy atom. The molecule has 0 unspecified atom stereocenters. The summed E-state index contributed by atoms with van der Waals surface area (Å²) in [4.78, 5) is 16.8. The van der Waals surface area contributed by atoms with E-state index in [2.05, 4.69) is 38.1 Å². The van der Waals surface area contributed by atoms with Gasteiger partial charge in [-0.25, -0.2) is 4.39 Å². The SMILES string of the molecule is CN1CCN(CCCCNC(=O)c2cc(F)ccc2Br)CC1. The van der Waals surface area contributed by atoms with Gasteiger partial charge < -0.3 is 15.1 Å². The van der Waals surface area contributed by atoms with Crippen molar-refractivity contribution in [1.29, 1.82) is 0 Å². The molecule has 22 heavy (non-hydrogen) atoms. The van der Waals surface area contributed by atoms with E-state index in [1.54, 1.807) is 6.07 Å². The van der Waals surface area contributed by atoms with Crippen molar-refractivity contribution in [2.45, 2.75) is 12.8 Å². The molecular weight excluding hydrogens is 349 g/mol. The number of unbranched alkanes of at least 4 members (excludes halogenated alkanes) is 1. The zero-order valence-corrected chi connectivity index (χ0v) is 14.5. The highest BCUT2D eigenvalue weighted by Gasteiger charge is 2.13. The summed E-state index contributed by atoms with van der Waals surface area (Å²) < 4.78 is 13.8. The lowest BCUT2D eigenvalue weighted by molar-refractivity contribution is 0.0950. The number of nitrogens with zero attached hydrogens (tertiary/aromatic N) is 2. The summed E-state index contributed by atoms with van der Waals surface area (Å²) in [6.07, 6.45) is 2.00. The summed E-state index contributed by atoms with van der Waals surface area (Å²) in [7, 11) is 2.15. The molecule has 1 heterocycles. The predicted molar refractivity (Wildman–Crippen MR) is 89.6 cm³/mol. The maximum absolute atomic E-state index is 13.2. The third kappa shape index (κ3) is 5.34. The van der Waals surface area contributed by atoms with Gasteiger partial charge >= 0.3 is 0 Å². The van der Waals surface area contributed by atoms with Gasteiger partial charge in [0.15, 0.2) is 0 Å². The van der Waals surface area contributed by atoms with Crippen molar-refractivity contribution in [3.05, 3.63) is 34.1 Å². The molecule has 1 aliphatic heterocycles. The Morgan fingerprint density at radius 3 is 2.73 bits per heavy atom. The fourth-order valence-electron chi connectivity index (χ4n) is 2.50. The number of carbonyl (C=O) groups is 1. The van der Waals surface area contributed by atoms with Crippen LogP contribution in [0.4, 0.5) is 4.39 Å². The van der Waals surface area contributed by atoms with Crippen LogP contribution >= 0.6 is 15.9 Å². The lowest BCUT2D eigenvalue weighted by Crippen LogP contribution is -2.44. The maximum Gasteiger partial charge on any atom is 0.252 e. The van der Waals surface area contributed by atoms with Gasteiger partial charge in [0, 0.05) is 37.2 Å². The number of halogens is 2. The molecular formula is C16H23BrFN3O. The number of benzene rings is 1. The average molecular weight is 372 g/mol. The van der Waals surface area contributed by atoms with Crippen molar-refractivity contribution >= 4 is 21.8 Å². The van der Waals surface area contributed by atoms with E-state index in [4.69, 9.17) is 0 Å². The van der Waals surface area contributed by atoms with E-state index in [0.29, 0.717) is 16.6 Å². The molecule has 0 aromatic heterocycles. The summed E-state index contributed by atoms with van der Waals surface area (Å²) in [5.74, 6) is -0.630. The molecule has 0 aliphatic carbocycles. The second-order valence-electron chi connectivity index (χ2n) is 5.73. The van der Waals surface area contributed by atoms with Crippen LogP contribution in [0.25, 0.3) is 0 Å². The zero-order chi connectivity index (χ0) is 15.9. The number of likely N-dealkylation sites (N-methyl/N-ethyl adjacent to an activating group) is 1. The molecule has 0 radical (unpaired) electrons. The second kappa shape index (κ2) is 8.60. The van der Waals surface area contributed by atoms with Crippen LogP contribution in [-0.2, 0) is 0 Å². The highest BCUT2D eigenvalue weighted by atomic mass is 79.9. The summed E-state index contributed by atoms with van der Waals surface area (Å²) in [6, 6.07) is 4.14. The number of hydrogen-bond donors (Lipinski definition) is 1. The quantitative estimate of drug-likeness (QED) is 0.779. The van der Waals surface area contributed by atoms with E-state index in [0.717, 1.165) is 45.6 Å². The molecule has 1 N–H and O–H groups in total. The average Bonchev–Trinajstić information content (AvgIpc) is 2.51. The van der Waals surface area contributed by atoms with Crippen molar-refractivity contribution in [3.8, 4) is 0 Å². The molecule has 1 aromatic rings. The maximum atomic E-state index is 13.2. The Balaban J connectivity index is 1.64. The highest BCUT2D eigenvalue weighted by Crippen LogP contribution is 2.17. The number of amides is 1. The first-order chi connectivity index (χ1) is 10.6. The van der Waals surface area contributed by atoms with Crippen molar-refractivity contribution in [1.82, 2.24) is 15.1 Å². The van der Waals surface area contributed by atoms with Crippen LogP contribution < -0.4 is 5.32 Å². The molecule has 1 aliphatic rings. The van der Waals surface area contributed by atoms with Gasteiger partial charge in [-0.3, -0.25) is 4.79 Å². The standard InChI is InChI=1S/C16H23BrFN3O/c1-20-8-10-21(11-9-20)7-3-2-6-19-16(22)14-12-13(18)4-5-15(14)17/h4-5,12H,2-3,6-11H2,1H3,(H,19,22). The molecule has 122 valence electrons. The lowest BCUT2D eigenvalue weighted by Gasteiger charge is -2.32. The first-order valence-corrected chi connectivity index (χ1v) is 8.50. The van der Waals surface area contributed by atoms with Crippen LogP contribution in [0.1, 0.15) is 23.2 Å². The molecule has 1 aromatic carbocycles. The Labute approximate surface area is 139 Å². The molecule has 2 rings (SSSR count). The second-order valence-corrected chi connectivity index (χ2v) is 6.59. The summed E-state index contributed by atoms with van der Waals surface area (Å²) >= 11 is 3.27. The highest BCUT2D eigenvalue weighted by molar-refractivity contribution is 9.10. The lowest BCUT2D eigenvalue weighted by atomic mass is 10.2. The third-order valence-corrected chi connectivity index (χ3v) is 4.65. The van der Waals surface area contributed by atoms with E-state index < -0.39 is 5.82 Å². The smallest absolute Gasteiger partial charge is 0.252 e. The Kier molecular flexibility index (Phi) is 6.79.